The molecule has 0 aliphatic carbocycles. The van der Waals surface area contributed by atoms with Crippen molar-refractivity contribution in [2.75, 3.05) is 13.2 Å². The molecule has 0 aromatic carbocycles. The number of nitrogens with one attached hydrogen (secondary N) is 1. The molecule has 0 amide bonds. The van der Waals surface area contributed by atoms with E-state index < -0.39 is 22.5 Å². The van der Waals surface area contributed by atoms with E-state index in [1.807, 2.05) is 0 Å². The van der Waals surface area contributed by atoms with Gasteiger partial charge in [0.1, 0.15) is 11.4 Å². The average molecular weight is 277 g/mol. The van der Waals surface area contributed by atoms with Gasteiger partial charge in [-0.05, 0) is 5.92 Å². The van der Waals surface area contributed by atoms with Crippen LogP contribution in [0.1, 0.15) is 6.92 Å². The Kier molecular flexibility index (Phi) is 4.82. The Morgan fingerprint density at radius 2 is 2.28 bits per heavy atom. The minimum atomic E-state index is -3.72. The van der Waals surface area contributed by atoms with Crippen LogP contribution in [0.4, 0.5) is 0 Å². The Morgan fingerprint density at radius 1 is 1.61 bits per heavy atom. The largest absolute Gasteiger partial charge is 0.480 e. The highest BCUT2D eigenvalue weighted by atomic mass is 32.2. The van der Waals surface area contributed by atoms with E-state index in [9.17, 15) is 13.2 Å². The van der Waals surface area contributed by atoms with Crippen LogP contribution < -0.4 is 4.72 Å². The van der Waals surface area contributed by atoms with Gasteiger partial charge in [0, 0.05) is 19.3 Å². The number of hydrogen-bond acceptors (Lipinski definition) is 5. The molecular weight excluding hydrogens is 262 g/mol. The van der Waals surface area contributed by atoms with Crippen LogP contribution in [0.15, 0.2) is 17.3 Å². The van der Waals surface area contributed by atoms with Gasteiger partial charge >= 0.3 is 5.97 Å². The number of aliphatic carboxylic acids is 1. The lowest BCUT2D eigenvalue weighted by atomic mass is 10.2. The number of hydrogen-bond donors (Lipinski definition) is 3. The first-order valence-corrected chi connectivity index (χ1v) is 6.68. The van der Waals surface area contributed by atoms with E-state index >= 15 is 0 Å². The molecule has 102 valence electrons. The second-order valence-corrected chi connectivity index (χ2v) is 5.67. The van der Waals surface area contributed by atoms with Crippen molar-refractivity contribution in [3.63, 3.8) is 0 Å². The summed E-state index contributed by atoms with van der Waals surface area (Å²) in [4.78, 5) is 10.3. The number of aliphatic hydroxyl groups excluding tert-OH is 1. The van der Waals surface area contributed by atoms with E-state index in [4.69, 9.17) is 10.2 Å². The Balaban J connectivity index is 2.73. The fraction of sp³-hybridized carbons (Fsp3) is 0.556. The van der Waals surface area contributed by atoms with Crippen LogP contribution in [0.3, 0.4) is 0 Å². The van der Waals surface area contributed by atoms with Crippen molar-refractivity contribution in [2.45, 2.75) is 18.4 Å². The molecule has 0 radical (unpaired) electrons. The summed E-state index contributed by atoms with van der Waals surface area (Å²) in [5.41, 5.74) is 0. The third kappa shape index (κ3) is 4.09. The van der Waals surface area contributed by atoms with Crippen molar-refractivity contribution in [3.05, 3.63) is 12.4 Å². The van der Waals surface area contributed by atoms with Gasteiger partial charge in [-0.15, -0.1) is 0 Å². The first-order chi connectivity index (χ1) is 8.35. The van der Waals surface area contributed by atoms with Gasteiger partial charge in [-0.3, -0.25) is 9.48 Å². The Morgan fingerprint density at radius 3 is 2.83 bits per heavy atom. The number of carboxylic acids is 1. The topological polar surface area (TPSA) is 122 Å². The van der Waals surface area contributed by atoms with Crippen LogP contribution >= 0.6 is 0 Å². The quantitative estimate of drug-likeness (QED) is 0.580. The first-order valence-electron chi connectivity index (χ1n) is 5.20. The van der Waals surface area contributed by atoms with Crippen LogP contribution in [0, 0.1) is 5.92 Å². The van der Waals surface area contributed by atoms with Crippen molar-refractivity contribution in [3.8, 4) is 0 Å². The van der Waals surface area contributed by atoms with Crippen LogP contribution in [0.2, 0.25) is 0 Å². The molecule has 3 N–H and O–H groups in total. The third-order valence-corrected chi connectivity index (χ3v) is 3.53. The molecule has 0 spiro atoms. The summed E-state index contributed by atoms with van der Waals surface area (Å²) in [6.07, 6.45) is 2.22. The monoisotopic (exact) mass is 277 g/mol. The molecule has 18 heavy (non-hydrogen) atoms. The lowest BCUT2D eigenvalue weighted by Gasteiger charge is -2.08. The zero-order valence-corrected chi connectivity index (χ0v) is 10.6. The van der Waals surface area contributed by atoms with Gasteiger partial charge in [-0.25, -0.2) is 13.1 Å². The van der Waals surface area contributed by atoms with Gasteiger partial charge in [-0.2, -0.15) is 5.10 Å². The van der Waals surface area contributed by atoms with Crippen molar-refractivity contribution in [1.29, 1.82) is 0 Å². The number of carbonyl (C=O) groups is 1. The maximum atomic E-state index is 11.8. The predicted molar refractivity (Wildman–Crippen MR) is 61.3 cm³/mol. The maximum absolute atomic E-state index is 11.8. The third-order valence-electron chi connectivity index (χ3n) is 2.15. The first kappa shape index (κ1) is 14.6. The van der Waals surface area contributed by atoms with Crippen LogP contribution in [0.25, 0.3) is 0 Å². The summed E-state index contributed by atoms with van der Waals surface area (Å²) in [5.74, 6) is -1.31. The van der Waals surface area contributed by atoms with E-state index in [0.717, 1.165) is 17.1 Å². The van der Waals surface area contributed by atoms with Gasteiger partial charge in [0.25, 0.3) is 0 Å². The standard InChI is InChI=1S/C9H15N3O5S/c1-7(6-13)2-11-18(16,17)8-3-10-12(4-8)5-9(14)15/h3-4,7,11,13H,2,5-6H2,1H3,(H,14,15). The summed E-state index contributed by atoms with van der Waals surface area (Å²) in [7, 11) is -3.72. The highest BCUT2D eigenvalue weighted by Crippen LogP contribution is 2.07. The number of nitrogens with zero attached hydrogens (tertiary/aromatic N) is 2. The average Bonchev–Trinajstić information content (AvgIpc) is 2.74. The lowest BCUT2D eigenvalue weighted by molar-refractivity contribution is -0.137. The summed E-state index contributed by atoms with van der Waals surface area (Å²) in [6, 6.07) is 0. The number of aliphatic hydroxyl groups is 1. The van der Waals surface area contributed by atoms with Gasteiger partial charge < -0.3 is 10.2 Å². The minimum absolute atomic E-state index is 0.100. The van der Waals surface area contributed by atoms with E-state index in [1.165, 1.54) is 0 Å². The smallest absolute Gasteiger partial charge is 0.325 e. The number of aromatic nitrogens is 2. The molecule has 0 bridgehead atoms. The lowest BCUT2D eigenvalue weighted by Crippen LogP contribution is -2.29. The highest BCUT2D eigenvalue weighted by molar-refractivity contribution is 7.89. The zero-order valence-electron chi connectivity index (χ0n) is 9.78. The van der Waals surface area contributed by atoms with Crippen molar-refractivity contribution < 1.29 is 23.4 Å². The fourth-order valence-corrected chi connectivity index (χ4v) is 2.23. The molecular formula is C9H15N3O5S. The summed E-state index contributed by atoms with van der Waals surface area (Å²) in [6.45, 7) is 1.27. The maximum Gasteiger partial charge on any atom is 0.325 e. The van der Waals surface area contributed by atoms with Crippen LogP contribution in [0.5, 0.6) is 0 Å². The normalized spacial score (nSPS) is 13.4. The van der Waals surface area contributed by atoms with Gasteiger partial charge in [0.2, 0.25) is 10.0 Å². The van der Waals surface area contributed by atoms with E-state index in [1.54, 1.807) is 6.92 Å². The summed E-state index contributed by atoms with van der Waals surface area (Å²) >= 11 is 0. The zero-order chi connectivity index (χ0) is 13.8. The molecule has 1 aromatic rings. The molecule has 1 unspecified atom stereocenters. The van der Waals surface area contributed by atoms with Crippen LogP contribution in [-0.2, 0) is 21.4 Å². The second-order valence-electron chi connectivity index (χ2n) is 3.91. The molecule has 9 heteroatoms. The van der Waals surface area contributed by atoms with E-state index in [2.05, 4.69) is 9.82 Å². The fourth-order valence-electron chi connectivity index (χ4n) is 1.11. The predicted octanol–water partition coefficient (Wildman–Crippen LogP) is -1.13. The molecule has 0 aliphatic heterocycles. The summed E-state index contributed by atoms with van der Waals surface area (Å²) < 4.78 is 26.8. The molecule has 8 nitrogen and oxygen atoms in total. The minimum Gasteiger partial charge on any atom is -0.480 e. The van der Waals surface area contributed by atoms with Crippen molar-refractivity contribution >= 4 is 16.0 Å². The van der Waals surface area contributed by atoms with Crippen LogP contribution in [-0.4, -0.2) is 47.5 Å². The van der Waals surface area contributed by atoms with Gasteiger partial charge in [0.05, 0.1) is 6.20 Å². The molecule has 1 atom stereocenters. The molecule has 0 aliphatic rings. The molecule has 1 heterocycles. The van der Waals surface area contributed by atoms with E-state index in [-0.39, 0.29) is 24.0 Å². The molecule has 0 fully saturated rings. The molecule has 1 rings (SSSR count). The number of carboxylic acid groups (broad SMARTS) is 1. The summed E-state index contributed by atoms with van der Waals surface area (Å²) in [5, 5.41) is 21.0. The van der Waals surface area contributed by atoms with E-state index in [0.29, 0.717) is 0 Å². The molecule has 0 saturated carbocycles. The molecule has 0 saturated heterocycles. The second kappa shape index (κ2) is 5.94. The number of rotatable bonds is 7. The Bertz CT molecular complexity index is 510. The molecule has 1 aromatic heterocycles. The Hall–Kier alpha value is -1.45. The number of sulfonamides is 1. The SMILES string of the molecule is CC(CO)CNS(=O)(=O)c1cnn(CC(=O)O)c1. The Labute approximate surface area is 104 Å². The van der Waals surface area contributed by atoms with Gasteiger partial charge in [-0.1, -0.05) is 6.92 Å². The van der Waals surface area contributed by atoms with Crippen molar-refractivity contribution in [1.82, 2.24) is 14.5 Å². The van der Waals surface area contributed by atoms with Crippen molar-refractivity contribution in [2.24, 2.45) is 5.92 Å². The highest BCUT2D eigenvalue weighted by Gasteiger charge is 2.17. The van der Waals surface area contributed by atoms with Gasteiger partial charge in [0.15, 0.2) is 0 Å².